The molecule has 1 rings (SSSR count). The van der Waals surface area contributed by atoms with E-state index in [1.54, 1.807) is 6.92 Å². The maximum absolute atomic E-state index is 11.1. The maximum atomic E-state index is 11.1. The molecule has 0 aliphatic rings. The molecule has 1 heterocycles. The predicted molar refractivity (Wildman–Crippen MR) is 52.6 cm³/mol. The third kappa shape index (κ3) is 3.88. The van der Waals surface area contributed by atoms with Gasteiger partial charge < -0.3 is 13.9 Å². The first-order chi connectivity index (χ1) is 7.27. The summed E-state index contributed by atoms with van der Waals surface area (Å²) in [5, 5.41) is 7.50. The summed E-state index contributed by atoms with van der Waals surface area (Å²) >= 11 is 1.23. The third-order valence-corrected chi connectivity index (χ3v) is 2.02. The average molecular weight is 232 g/mol. The molecule has 1 aromatic heterocycles. The van der Waals surface area contributed by atoms with Crippen molar-refractivity contribution in [2.45, 2.75) is 19.1 Å². The first-order valence-corrected chi connectivity index (χ1v) is 5.47. The summed E-state index contributed by atoms with van der Waals surface area (Å²) in [6, 6.07) is 0. The van der Waals surface area contributed by atoms with E-state index in [9.17, 15) is 4.79 Å². The van der Waals surface area contributed by atoms with Gasteiger partial charge in [-0.25, -0.2) is 4.79 Å². The molecule has 0 fully saturated rings. The van der Waals surface area contributed by atoms with E-state index in [2.05, 4.69) is 10.2 Å². The van der Waals surface area contributed by atoms with E-state index in [1.807, 2.05) is 6.92 Å². The van der Waals surface area contributed by atoms with Gasteiger partial charge in [-0.3, -0.25) is 0 Å². The van der Waals surface area contributed by atoms with Crippen molar-refractivity contribution >= 4 is 17.7 Å². The molecule has 0 aliphatic heterocycles. The van der Waals surface area contributed by atoms with E-state index in [4.69, 9.17) is 13.9 Å². The Morgan fingerprint density at radius 1 is 1.40 bits per heavy atom. The number of aromatic nitrogens is 2. The fourth-order valence-corrected chi connectivity index (χ4v) is 1.31. The monoisotopic (exact) mass is 232 g/mol. The van der Waals surface area contributed by atoms with Crippen molar-refractivity contribution in [3.05, 3.63) is 5.89 Å². The van der Waals surface area contributed by atoms with E-state index in [1.165, 1.54) is 11.8 Å². The van der Waals surface area contributed by atoms with Crippen LogP contribution in [0.15, 0.2) is 9.64 Å². The number of ether oxygens (including phenoxy) is 2. The highest BCUT2D eigenvalue weighted by Gasteiger charge is 2.15. The molecule has 0 spiro atoms. The van der Waals surface area contributed by atoms with Crippen molar-refractivity contribution in [3.8, 4) is 0 Å². The van der Waals surface area contributed by atoms with Gasteiger partial charge >= 0.3 is 11.9 Å². The topological polar surface area (TPSA) is 74.5 Å². The minimum absolute atomic E-state index is 0.129. The van der Waals surface area contributed by atoms with Crippen LogP contribution in [0.2, 0.25) is 0 Å². The van der Waals surface area contributed by atoms with E-state index in [0.29, 0.717) is 17.8 Å². The number of thioether (sulfide) groups is 1. The van der Waals surface area contributed by atoms with Crippen molar-refractivity contribution in [2.24, 2.45) is 0 Å². The molecule has 0 saturated carbocycles. The Balaban J connectivity index is 2.45. The second kappa shape index (κ2) is 6.41. The van der Waals surface area contributed by atoms with Crippen LogP contribution in [-0.4, -0.2) is 35.3 Å². The summed E-state index contributed by atoms with van der Waals surface area (Å²) < 4.78 is 14.8. The molecule has 1 aromatic rings. The van der Waals surface area contributed by atoms with Crippen molar-refractivity contribution < 1.29 is 18.7 Å². The van der Waals surface area contributed by atoms with Crippen molar-refractivity contribution in [1.29, 1.82) is 0 Å². The van der Waals surface area contributed by atoms with Crippen LogP contribution in [0.5, 0.6) is 0 Å². The van der Waals surface area contributed by atoms with Crippen LogP contribution in [0.4, 0.5) is 0 Å². The second-order valence-electron chi connectivity index (χ2n) is 2.35. The van der Waals surface area contributed by atoms with Gasteiger partial charge in [0.2, 0.25) is 0 Å². The number of rotatable bonds is 6. The quantitative estimate of drug-likeness (QED) is 0.317. The van der Waals surface area contributed by atoms with Gasteiger partial charge in [0.15, 0.2) is 0 Å². The molecule has 7 heteroatoms. The molecule has 84 valence electrons. The van der Waals surface area contributed by atoms with Crippen molar-refractivity contribution in [3.63, 3.8) is 0 Å². The molecular weight excluding hydrogens is 220 g/mol. The molecular formula is C8H12N2O4S. The van der Waals surface area contributed by atoms with E-state index in [-0.39, 0.29) is 12.5 Å². The first kappa shape index (κ1) is 12.0. The van der Waals surface area contributed by atoms with Gasteiger partial charge in [-0.05, 0) is 25.6 Å². The number of hydrogen-bond acceptors (Lipinski definition) is 7. The number of esters is 1. The fourth-order valence-electron chi connectivity index (χ4n) is 0.719. The van der Waals surface area contributed by atoms with Gasteiger partial charge in [0.1, 0.15) is 5.94 Å². The molecule has 0 amide bonds. The van der Waals surface area contributed by atoms with Gasteiger partial charge in [0.05, 0.1) is 6.61 Å². The molecule has 0 saturated heterocycles. The Labute approximate surface area is 91.3 Å². The summed E-state index contributed by atoms with van der Waals surface area (Å²) in [6.07, 6.45) is 0. The lowest BCUT2D eigenvalue weighted by atomic mass is 10.7. The molecule has 6 nitrogen and oxygen atoms in total. The Hall–Kier alpha value is -1.08. The van der Waals surface area contributed by atoms with E-state index in [0.717, 1.165) is 0 Å². The SMILES string of the molecule is CCOCSc1nnc(C(=O)OCC)o1. The minimum atomic E-state index is -0.603. The van der Waals surface area contributed by atoms with Crippen LogP contribution in [0.3, 0.4) is 0 Å². The zero-order valence-electron chi connectivity index (χ0n) is 8.56. The Morgan fingerprint density at radius 3 is 2.87 bits per heavy atom. The largest absolute Gasteiger partial charge is 0.459 e. The molecule has 15 heavy (non-hydrogen) atoms. The van der Waals surface area contributed by atoms with E-state index >= 15 is 0 Å². The smallest absolute Gasteiger partial charge is 0.396 e. The molecule has 0 N–H and O–H groups in total. The zero-order chi connectivity index (χ0) is 11.1. The Morgan fingerprint density at radius 2 is 2.20 bits per heavy atom. The lowest BCUT2D eigenvalue weighted by Crippen LogP contribution is -2.04. The Kier molecular flexibility index (Phi) is 5.13. The number of hydrogen-bond donors (Lipinski definition) is 0. The van der Waals surface area contributed by atoms with Crippen molar-refractivity contribution in [2.75, 3.05) is 19.2 Å². The highest BCUT2D eigenvalue weighted by atomic mass is 32.2. The van der Waals surface area contributed by atoms with Crippen molar-refractivity contribution in [1.82, 2.24) is 10.2 Å². The zero-order valence-corrected chi connectivity index (χ0v) is 9.37. The summed E-state index contributed by atoms with van der Waals surface area (Å²) in [7, 11) is 0. The van der Waals surface area contributed by atoms with Crippen LogP contribution < -0.4 is 0 Å². The summed E-state index contributed by atoms with van der Waals surface area (Å²) in [5.41, 5.74) is 0. The molecule has 0 atom stereocenters. The molecule has 0 unspecified atom stereocenters. The van der Waals surface area contributed by atoms with Gasteiger partial charge in [0.25, 0.3) is 5.22 Å². The summed E-state index contributed by atoms with van der Waals surface area (Å²) in [4.78, 5) is 11.1. The van der Waals surface area contributed by atoms with Gasteiger partial charge in [0, 0.05) is 6.61 Å². The molecule has 0 aromatic carbocycles. The molecule has 0 radical (unpaired) electrons. The standard InChI is InChI=1S/C8H12N2O4S/c1-3-12-5-15-8-10-9-6(14-8)7(11)13-4-2/h3-5H2,1-2H3. The average Bonchev–Trinajstić information content (AvgIpc) is 2.67. The fraction of sp³-hybridized carbons (Fsp3) is 0.625. The third-order valence-electron chi connectivity index (χ3n) is 1.33. The van der Waals surface area contributed by atoms with Crippen LogP contribution in [-0.2, 0) is 9.47 Å². The maximum Gasteiger partial charge on any atom is 0.396 e. The first-order valence-electron chi connectivity index (χ1n) is 4.49. The lowest BCUT2D eigenvalue weighted by Gasteiger charge is -1.95. The number of nitrogens with zero attached hydrogens (tertiary/aromatic N) is 2. The normalized spacial score (nSPS) is 10.3. The second-order valence-corrected chi connectivity index (χ2v) is 3.22. The predicted octanol–water partition coefficient (Wildman–Crippen LogP) is 1.33. The van der Waals surface area contributed by atoms with Gasteiger partial charge in [-0.1, -0.05) is 5.10 Å². The Bertz CT molecular complexity index is 315. The number of carbonyl (C=O) groups is 1. The molecule has 0 bridgehead atoms. The van der Waals surface area contributed by atoms with Gasteiger partial charge in [-0.2, -0.15) is 0 Å². The summed E-state index contributed by atoms with van der Waals surface area (Å²) in [6.45, 7) is 4.49. The minimum Gasteiger partial charge on any atom is -0.459 e. The van der Waals surface area contributed by atoms with Crippen LogP contribution in [0.1, 0.15) is 24.5 Å². The highest BCUT2D eigenvalue weighted by molar-refractivity contribution is 7.98. The summed E-state index contributed by atoms with van der Waals surface area (Å²) in [5.74, 6) is -0.315. The highest BCUT2D eigenvalue weighted by Crippen LogP contribution is 2.16. The van der Waals surface area contributed by atoms with E-state index < -0.39 is 5.97 Å². The van der Waals surface area contributed by atoms with Crippen LogP contribution in [0.25, 0.3) is 0 Å². The molecule has 0 aliphatic carbocycles. The van der Waals surface area contributed by atoms with Crippen LogP contribution >= 0.6 is 11.8 Å². The lowest BCUT2D eigenvalue weighted by molar-refractivity contribution is 0.0475. The van der Waals surface area contributed by atoms with Gasteiger partial charge in [-0.15, -0.1) is 5.10 Å². The van der Waals surface area contributed by atoms with Crippen LogP contribution in [0, 0.1) is 0 Å². The number of carbonyl (C=O) groups excluding carboxylic acids is 1.